The third-order valence-electron chi connectivity index (χ3n) is 5.08. The van der Waals surface area contributed by atoms with Crippen molar-refractivity contribution in [3.63, 3.8) is 0 Å². The molecule has 0 bridgehead atoms. The minimum Gasteiger partial charge on any atom is -0.359 e. The van der Waals surface area contributed by atoms with Gasteiger partial charge in [0.25, 0.3) is 5.91 Å². The van der Waals surface area contributed by atoms with Gasteiger partial charge in [-0.1, -0.05) is 31.0 Å². The Bertz CT molecular complexity index is 939. The number of nitrogens with zero attached hydrogens (tertiary/aromatic N) is 3. The molecule has 0 radical (unpaired) electrons. The SMILES string of the molecule is CNC(=O)CCCCCCNC(=O)c1ccc(N(c2ccccc2)c2cnccn2)cc1. The van der Waals surface area contributed by atoms with Gasteiger partial charge in [0.15, 0.2) is 5.82 Å². The summed E-state index contributed by atoms with van der Waals surface area (Å²) in [5.41, 5.74) is 2.46. The molecule has 2 amide bonds. The van der Waals surface area contributed by atoms with Crippen molar-refractivity contribution in [3.05, 3.63) is 78.8 Å². The van der Waals surface area contributed by atoms with E-state index in [4.69, 9.17) is 0 Å². The molecule has 7 heteroatoms. The van der Waals surface area contributed by atoms with Gasteiger partial charge in [-0.25, -0.2) is 4.98 Å². The molecule has 166 valence electrons. The standard InChI is InChI=1S/C25H29N5O2/c1-26-24(31)11-7-2-3-8-16-29-25(32)20-12-14-22(15-13-20)30(21-9-5-4-6-10-21)23-19-27-17-18-28-23/h4-6,9-10,12-15,17-19H,2-3,7-8,11,16H2,1H3,(H,26,31)(H,29,32). The zero-order valence-electron chi connectivity index (χ0n) is 18.3. The second kappa shape index (κ2) is 12.2. The summed E-state index contributed by atoms with van der Waals surface area (Å²) in [6.45, 7) is 0.621. The van der Waals surface area contributed by atoms with Crippen molar-refractivity contribution in [1.82, 2.24) is 20.6 Å². The molecule has 0 aliphatic heterocycles. The lowest BCUT2D eigenvalue weighted by atomic mass is 10.1. The van der Waals surface area contributed by atoms with E-state index in [1.165, 1.54) is 0 Å². The van der Waals surface area contributed by atoms with Gasteiger partial charge in [0.05, 0.1) is 6.20 Å². The summed E-state index contributed by atoms with van der Waals surface area (Å²) in [4.78, 5) is 34.3. The van der Waals surface area contributed by atoms with Crippen molar-refractivity contribution >= 4 is 29.0 Å². The molecule has 0 fully saturated rings. The highest BCUT2D eigenvalue weighted by atomic mass is 16.2. The summed E-state index contributed by atoms with van der Waals surface area (Å²) in [5, 5.41) is 5.59. The lowest BCUT2D eigenvalue weighted by Crippen LogP contribution is -2.24. The summed E-state index contributed by atoms with van der Waals surface area (Å²) < 4.78 is 0. The van der Waals surface area contributed by atoms with E-state index in [9.17, 15) is 9.59 Å². The average molecular weight is 432 g/mol. The predicted molar refractivity (Wildman–Crippen MR) is 126 cm³/mol. The first-order valence-corrected chi connectivity index (χ1v) is 10.9. The van der Waals surface area contributed by atoms with E-state index in [-0.39, 0.29) is 11.8 Å². The monoisotopic (exact) mass is 431 g/mol. The van der Waals surface area contributed by atoms with Crippen LogP contribution in [0, 0.1) is 0 Å². The van der Waals surface area contributed by atoms with Gasteiger partial charge in [0, 0.05) is 49.3 Å². The molecule has 0 atom stereocenters. The fourth-order valence-electron chi connectivity index (χ4n) is 3.35. The molecule has 1 aromatic heterocycles. The molecule has 32 heavy (non-hydrogen) atoms. The van der Waals surface area contributed by atoms with E-state index in [0.717, 1.165) is 37.1 Å². The van der Waals surface area contributed by atoms with Gasteiger partial charge < -0.3 is 10.6 Å². The summed E-state index contributed by atoms with van der Waals surface area (Å²) in [7, 11) is 1.65. The Kier molecular flexibility index (Phi) is 8.74. The second-order valence-corrected chi connectivity index (χ2v) is 7.37. The van der Waals surface area contributed by atoms with Crippen LogP contribution in [0.2, 0.25) is 0 Å². The molecule has 0 unspecified atom stereocenters. The predicted octanol–water partition coefficient (Wildman–Crippen LogP) is 4.37. The molecule has 7 nitrogen and oxygen atoms in total. The van der Waals surface area contributed by atoms with Crippen molar-refractivity contribution < 1.29 is 9.59 Å². The number of benzene rings is 2. The van der Waals surface area contributed by atoms with Crippen LogP contribution in [0.25, 0.3) is 0 Å². The van der Waals surface area contributed by atoms with Crippen LogP contribution < -0.4 is 15.5 Å². The molecule has 1 heterocycles. The Morgan fingerprint density at radius 2 is 1.59 bits per heavy atom. The van der Waals surface area contributed by atoms with E-state index in [1.54, 1.807) is 25.6 Å². The number of rotatable bonds is 11. The molecule has 0 aliphatic carbocycles. The van der Waals surface area contributed by atoms with Crippen LogP contribution in [0.5, 0.6) is 0 Å². The molecular formula is C25H29N5O2. The van der Waals surface area contributed by atoms with E-state index < -0.39 is 0 Å². The van der Waals surface area contributed by atoms with Crippen LogP contribution in [-0.2, 0) is 4.79 Å². The van der Waals surface area contributed by atoms with Crippen LogP contribution in [0.15, 0.2) is 73.2 Å². The maximum Gasteiger partial charge on any atom is 0.251 e. The Morgan fingerprint density at radius 3 is 2.28 bits per heavy atom. The first kappa shape index (κ1) is 22.9. The number of unbranched alkanes of at least 4 members (excludes halogenated alkanes) is 3. The Balaban J connectivity index is 1.56. The van der Waals surface area contributed by atoms with Gasteiger partial charge in [0.2, 0.25) is 5.91 Å². The summed E-state index contributed by atoms with van der Waals surface area (Å²) in [6.07, 6.45) is 9.31. The number of amides is 2. The van der Waals surface area contributed by atoms with Gasteiger partial charge in [-0.05, 0) is 49.2 Å². The smallest absolute Gasteiger partial charge is 0.251 e. The molecule has 0 spiro atoms. The highest BCUT2D eigenvalue weighted by molar-refractivity contribution is 5.94. The van der Waals surface area contributed by atoms with Gasteiger partial charge >= 0.3 is 0 Å². The number of para-hydroxylation sites is 1. The second-order valence-electron chi connectivity index (χ2n) is 7.37. The van der Waals surface area contributed by atoms with Crippen LogP contribution in [0.4, 0.5) is 17.2 Å². The first-order chi connectivity index (χ1) is 15.7. The highest BCUT2D eigenvalue weighted by Gasteiger charge is 2.14. The number of nitrogens with one attached hydrogen (secondary N) is 2. The van der Waals surface area contributed by atoms with Crippen molar-refractivity contribution in [1.29, 1.82) is 0 Å². The van der Waals surface area contributed by atoms with Crippen molar-refractivity contribution in [2.45, 2.75) is 32.1 Å². The zero-order valence-corrected chi connectivity index (χ0v) is 18.3. The summed E-state index contributed by atoms with van der Waals surface area (Å²) in [5.74, 6) is 0.687. The number of carbonyl (C=O) groups excluding carboxylic acids is 2. The largest absolute Gasteiger partial charge is 0.359 e. The van der Waals surface area contributed by atoms with Crippen molar-refractivity contribution in [2.75, 3.05) is 18.5 Å². The van der Waals surface area contributed by atoms with Gasteiger partial charge in [-0.15, -0.1) is 0 Å². The number of hydrogen-bond donors (Lipinski definition) is 2. The van der Waals surface area contributed by atoms with E-state index in [0.29, 0.717) is 24.3 Å². The van der Waals surface area contributed by atoms with Gasteiger partial charge in [-0.2, -0.15) is 0 Å². The minimum absolute atomic E-state index is 0.0758. The van der Waals surface area contributed by atoms with Crippen LogP contribution >= 0.6 is 0 Å². The summed E-state index contributed by atoms with van der Waals surface area (Å²) >= 11 is 0. The third kappa shape index (κ3) is 6.63. The quantitative estimate of drug-likeness (QED) is 0.440. The van der Waals surface area contributed by atoms with E-state index in [1.807, 2.05) is 59.5 Å². The Labute approximate surface area is 188 Å². The zero-order chi connectivity index (χ0) is 22.6. The van der Waals surface area contributed by atoms with Crippen LogP contribution in [-0.4, -0.2) is 35.4 Å². The average Bonchev–Trinajstić information content (AvgIpc) is 2.85. The normalized spacial score (nSPS) is 10.4. The van der Waals surface area contributed by atoms with Crippen molar-refractivity contribution in [2.24, 2.45) is 0 Å². The highest BCUT2D eigenvalue weighted by Crippen LogP contribution is 2.32. The summed E-state index contributed by atoms with van der Waals surface area (Å²) in [6, 6.07) is 17.4. The lowest BCUT2D eigenvalue weighted by Gasteiger charge is -2.23. The number of carbonyl (C=O) groups is 2. The minimum atomic E-state index is -0.0901. The van der Waals surface area contributed by atoms with Crippen LogP contribution in [0.1, 0.15) is 42.5 Å². The molecule has 0 aliphatic rings. The van der Waals surface area contributed by atoms with Crippen LogP contribution in [0.3, 0.4) is 0 Å². The molecule has 3 rings (SSSR count). The Hall–Kier alpha value is -3.74. The maximum absolute atomic E-state index is 12.5. The molecule has 3 aromatic rings. The van der Waals surface area contributed by atoms with E-state index >= 15 is 0 Å². The van der Waals surface area contributed by atoms with Crippen molar-refractivity contribution in [3.8, 4) is 0 Å². The Morgan fingerprint density at radius 1 is 0.875 bits per heavy atom. The maximum atomic E-state index is 12.5. The lowest BCUT2D eigenvalue weighted by molar-refractivity contribution is -0.120. The fourth-order valence-corrected chi connectivity index (χ4v) is 3.35. The topological polar surface area (TPSA) is 87.2 Å². The third-order valence-corrected chi connectivity index (χ3v) is 5.08. The van der Waals surface area contributed by atoms with E-state index in [2.05, 4.69) is 20.6 Å². The van der Waals surface area contributed by atoms with Gasteiger partial charge in [0.1, 0.15) is 0 Å². The number of hydrogen-bond acceptors (Lipinski definition) is 5. The first-order valence-electron chi connectivity index (χ1n) is 10.9. The number of anilines is 3. The number of aromatic nitrogens is 2. The molecule has 2 aromatic carbocycles. The fraction of sp³-hybridized carbons (Fsp3) is 0.280. The molecule has 0 saturated carbocycles. The molecule has 0 saturated heterocycles. The molecule has 2 N–H and O–H groups in total. The molecular weight excluding hydrogens is 402 g/mol. The van der Waals surface area contributed by atoms with Gasteiger partial charge in [-0.3, -0.25) is 19.5 Å².